The maximum absolute atomic E-state index is 13.0. The molecule has 3 unspecified atom stereocenters. The van der Waals surface area contributed by atoms with E-state index in [2.05, 4.69) is 45.1 Å². The Bertz CT molecular complexity index is 1550. The molecule has 0 aromatic heterocycles. The molecule has 0 spiro atoms. The molecule has 6 heteroatoms. The van der Waals surface area contributed by atoms with Gasteiger partial charge in [0, 0.05) is 30.3 Å². The molecule has 60 heavy (non-hydrogen) atoms. The molecule has 2 aromatic rings. The fourth-order valence-corrected chi connectivity index (χ4v) is 13.5. The molecule has 5 N–H and O–H groups in total. The highest BCUT2D eigenvalue weighted by molar-refractivity contribution is 5.75. The van der Waals surface area contributed by atoms with Crippen molar-refractivity contribution in [1.82, 2.24) is 5.32 Å². The minimum atomic E-state index is 0.148. The van der Waals surface area contributed by atoms with Crippen LogP contribution in [0.5, 0.6) is 11.5 Å². The molecule has 6 nitrogen and oxygen atoms in total. The minimum Gasteiger partial charge on any atom is -0.490 e. The number of hydrogen-bond donors (Lipinski definition) is 3. The first kappa shape index (κ1) is 46.6. The normalized spacial score (nSPS) is 30.2. The van der Waals surface area contributed by atoms with E-state index in [0.29, 0.717) is 47.3 Å². The number of nitrogens with two attached hydrogens (primary N) is 2. The van der Waals surface area contributed by atoms with Crippen LogP contribution in [0, 0.1) is 46.3 Å². The van der Waals surface area contributed by atoms with E-state index in [-0.39, 0.29) is 23.5 Å². The zero-order chi connectivity index (χ0) is 42.4. The average Bonchev–Trinajstić information content (AvgIpc) is 3.60. The van der Waals surface area contributed by atoms with Gasteiger partial charge in [-0.05, 0) is 153 Å². The van der Waals surface area contributed by atoms with Crippen molar-refractivity contribution >= 4 is 17.3 Å². The van der Waals surface area contributed by atoms with E-state index in [1.807, 2.05) is 36.4 Å². The summed E-state index contributed by atoms with van der Waals surface area (Å²) in [6, 6.07) is 15.9. The first-order valence-corrected chi connectivity index (χ1v) is 25.4. The summed E-state index contributed by atoms with van der Waals surface area (Å²) in [4.78, 5) is 13.0. The molecule has 0 aliphatic heterocycles. The van der Waals surface area contributed by atoms with Gasteiger partial charge in [0.2, 0.25) is 5.91 Å². The standard InChI is InChI=1S/C54H87N3O3/c1-5-6-7-8-9-10-11-12-13-14-15-16-17-18-19-20-37-57-52(58)32-21-40(2)47-30-31-48-46-39-51(60-44-28-24-42(56)25-29-44)50-38-45(59-43-26-22-41(55)23-27-43)33-35-54(50,4)49(46)34-36-53(47,48)3/h22-29,40,45-51H,5-21,30-39,55-56H2,1-4H3,(H,57,58)/t40-,45?,46+,47-,48+,49+,50?,51?,53-,54-/m1/s1. The van der Waals surface area contributed by atoms with Crippen molar-refractivity contribution < 1.29 is 14.3 Å². The van der Waals surface area contributed by atoms with Crippen molar-refractivity contribution in [2.45, 2.75) is 207 Å². The number of ether oxygens (including phenoxy) is 2. The van der Waals surface area contributed by atoms with Gasteiger partial charge >= 0.3 is 0 Å². The molecule has 0 saturated heterocycles. The van der Waals surface area contributed by atoms with Gasteiger partial charge in [0.15, 0.2) is 0 Å². The van der Waals surface area contributed by atoms with E-state index in [1.165, 1.54) is 128 Å². The molecule has 336 valence electrons. The topological polar surface area (TPSA) is 99.6 Å². The number of rotatable bonds is 25. The number of nitrogens with one attached hydrogen (secondary N) is 1. The molecule has 1 amide bonds. The lowest BCUT2D eigenvalue weighted by atomic mass is 9.43. The summed E-state index contributed by atoms with van der Waals surface area (Å²) in [7, 11) is 0. The first-order valence-electron chi connectivity index (χ1n) is 25.4. The van der Waals surface area contributed by atoms with Crippen LogP contribution < -0.4 is 26.3 Å². The van der Waals surface area contributed by atoms with E-state index >= 15 is 0 Å². The predicted octanol–water partition coefficient (Wildman–Crippen LogP) is 14.1. The number of carbonyl (C=O) groups is 1. The van der Waals surface area contributed by atoms with Crippen LogP contribution in [0.1, 0.15) is 195 Å². The fraction of sp³-hybridized carbons (Fsp3) is 0.759. The summed E-state index contributed by atoms with van der Waals surface area (Å²) >= 11 is 0. The van der Waals surface area contributed by atoms with E-state index in [9.17, 15) is 4.79 Å². The Morgan fingerprint density at radius 2 is 1.17 bits per heavy atom. The van der Waals surface area contributed by atoms with Crippen LogP contribution in [-0.2, 0) is 4.79 Å². The molecule has 0 bridgehead atoms. The Morgan fingerprint density at radius 1 is 0.650 bits per heavy atom. The lowest BCUT2D eigenvalue weighted by Gasteiger charge is -2.63. The second kappa shape index (κ2) is 23.0. The highest BCUT2D eigenvalue weighted by Crippen LogP contribution is 2.68. The van der Waals surface area contributed by atoms with Gasteiger partial charge in [-0.1, -0.05) is 124 Å². The van der Waals surface area contributed by atoms with Crippen LogP contribution in [0.4, 0.5) is 11.4 Å². The van der Waals surface area contributed by atoms with Crippen molar-refractivity contribution in [3.8, 4) is 11.5 Å². The predicted molar refractivity (Wildman–Crippen MR) is 252 cm³/mol. The van der Waals surface area contributed by atoms with Crippen LogP contribution in [0.15, 0.2) is 48.5 Å². The van der Waals surface area contributed by atoms with Crippen LogP contribution in [0.25, 0.3) is 0 Å². The number of unbranched alkanes of at least 4 members (excludes halogenated alkanes) is 15. The second-order valence-electron chi connectivity index (χ2n) is 20.9. The summed E-state index contributed by atoms with van der Waals surface area (Å²) in [5, 5.41) is 3.28. The lowest BCUT2D eigenvalue weighted by Crippen LogP contribution is -2.59. The Labute approximate surface area is 366 Å². The second-order valence-corrected chi connectivity index (χ2v) is 20.9. The van der Waals surface area contributed by atoms with E-state index in [4.69, 9.17) is 20.9 Å². The zero-order valence-electron chi connectivity index (χ0n) is 38.7. The molecule has 0 radical (unpaired) electrons. The molecular weight excluding hydrogens is 739 g/mol. The van der Waals surface area contributed by atoms with Crippen molar-refractivity contribution in [1.29, 1.82) is 0 Å². The van der Waals surface area contributed by atoms with Gasteiger partial charge in [-0.25, -0.2) is 0 Å². The number of fused-ring (bicyclic) bond motifs is 5. The third-order valence-electron chi connectivity index (χ3n) is 16.9. The Kier molecular flexibility index (Phi) is 17.9. The SMILES string of the molecule is CCCCCCCCCCCCCCCCCCNC(=O)CC[C@@H](C)[C@H]1CC[C@H]2[C@@H]3CC(Oc4ccc(N)cc4)C4CC(Oc5ccc(N)cc5)CC[C@]4(C)[C@H]3CC[C@]12C. The summed E-state index contributed by atoms with van der Waals surface area (Å²) in [5.74, 6) is 5.88. The van der Waals surface area contributed by atoms with Crippen LogP contribution in [0.2, 0.25) is 0 Å². The maximum Gasteiger partial charge on any atom is 0.220 e. The number of nitrogen functional groups attached to an aromatic ring is 2. The number of anilines is 2. The Hall–Kier alpha value is -2.89. The van der Waals surface area contributed by atoms with Gasteiger partial charge < -0.3 is 26.3 Å². The maximum atomic E-state index is 13.0. The van der Waals surface area contributed by atoms with E-state index in [0.717, 1.165) is 61.5 Å². The summed E-state index contributed by atoms with van der Waals surface area (Å²) < 4.78 is 13.7. The van der Waals surface area contributed by atoms with Gasteiger partial charge in [-0.3, -0.25) is 4.79 Å². The van der Waals surface area contributed by atoms with Gasteiger partial charge in [0.05, 0.1) is 6.10 Å². The third kappa shape index (κ3) is 12.4. The van der Waals surface area contributed by atoms with Crippen LogP contribution in [0.3, 0.4) is 0 Å². The monoisotopic (exact) mass is 826 g/mol. The van der Waals surface area contributed by atoms with Crippen molar-refractivity contribution in [3.05, 3.63) is 48.5 Å². The summed E-state index contributed by atoms with van der Waals surface area (Å²) in [5.41, 5.74) is 14.2. The largest absolute Gasteiger partial charge is 0.490 e. The summed E-state index contributed by atoms with van der Waals surface area (Å²) in [6.07, 6.45) is 33.6. The number of carbonyl (C=O) groups excluding carboxylic acids is 1. The molecule has 4 fully saturated rings. The highest BCUT2D eigenvalue weighted by Gasteiger charge is 2.63. The van der Waals surface area contributed by atoms with Gasteiger partial charge in [0.25, 0.3) is 0 Å². The molecule has 0 heterocycles. The third-order valence-corrected chi connectivity index (χ3v) is 16.9. The van der Waals surface area contributed by atoms with Crippen LogP contribution in [-0.4, -0.2) is 24.7 Å². The van der Waals surface area contributed by atoms with Crippen LogP contribution >= 0.6 is 0 Å². The molecule has 10 atom stereocenters. The molecule has 2 aromatic carbocycles. The quantitative estimate of drug-likeness (QED) is 0.0684. The molecular formula is C54H87N3O3. The van der Waals surface area contributed by atoms with Crippen molar-refractivity contribution in [2.24, 2.45) is 46.3 Å². The lowest BCUT2D eigenvalue weighted by molar-refractivity contribution is -0.164. The zero-order valence-corrected chi connectivity index (χ0v) is 38.7. The minimum absolute atomic E-state index is 0.148. The molecule has 6 rings (SSSR count). The van der Waals surface area contributed by atoms with Gasteiger partial charge in [-0.2, -0.15) is 0 Å². The van der Waals surface area contributed by atoms with Gasteiger partial charge in [-0.15, -0.1) is 0 Å². The van der Waals surface area contributed by atoms with Crippen molar-refractivity contribution in [3.63, 3.8) is 0 Å². The molecule has 4 aliphatic rings. The van der Waals surface area contributed by atoms with E-state index in [1.54, 1.807) is 0 Å². The fourth-order valence-electron chi connectivity index (χ4n) is 13.5. The summed E-state index contributed by atoms with van der Waals surface area (Å²) in [6.45, 7) is 10.8. The number of benzene rings is 2. The highest BCUT2D eigenvalue weighted by atomic mass is 16.5. The van der Waals surface area contributed by atoms with Gasteiger partial charge in [0.1, 0.15) is 17.6 Å². The first-order chi connectivity index (χ1) is 29.1. The number of amides is 1. The number of hydrogen-bond acceptors (Lipinski definition) is 5. The molecule has 4 aliphatic carbocycles. The molecule has 4 saturated carbocycles. The Morgan fingerprint density at radius 3 is 1.75 bits per heavy atom. The van der Waals surface area contributed by atoms with E-state index < -0.39 is 0 Å². The smallest absolute Gasteiger partial charge is 0.220 e. The average molecular weight is 826 g/mol. The Balaban J connectivity index is 0.927. The van der Waals surface area contributed by atoms with Crippen molar-refractivity contribution in [2.75, 3.05) is 18.0 Å².